The van der Waals surface area contributed by atoms with Gasteiger partial charge in [0.05, 0.1) is 5.54 Å². The molecule has 0 unspecified atom stereocenters. The Morgan fingerprint density at radius 2 is 1.88 bits per heavy atom. The maximum absolute atomic E-state index is 13.1. The molecule has 2 amide bonds. The summed E-state index contributed by atoms with van der Waals surface area (Å²) in [4.78, 5) is 29.5. The molecule has 1 atom stereocenters. The number of likely N-dealkylation sites (tertiary alicyclic amines) is 2. The molecule has 1 aromatic carbocycles. The largest absolute Gasteiger partial charge is 0.336 e. The van der Waals surface area contributed by atoms with Crippen molar-refractivity contribution in [3.63, 3.8) is 0 Å². The van der Waals surface area contributed by atoms with Gasteiger partial charge in [-0.3, -0.25) is 9.59 Å². The molecule has 0 saturated carbocycles. The number of rotatable bonds is 3. The van der Waals surface area contributed by atoms with Crippen LogP contribution in [0.4, 0.5) is 0 Å². The summed E-state index contributed by atoms with van der Waals surface area (Å²) in [6.07, 6.45) is 6.22. The predicted octanol–water partition coefficient (Wildman–Crippen LogP) is 3.48. The SMILES string of the molecule is C=CCN1C(=O)CCC[C@]12CCCN(C(=O)c1cc(C)cc(C)c1)C2. The molecular weight excluding hydrogens is 312 g/mol. The number of carbonyl (C=O) groups excluding carboxylic acids is 2. The summed E-state index contributed by atoms with van der Waals surface area (Å²) in [5, 5.41) is 0. The normalized spacial score (nSPS) is 23.8. The van der Waals surface area contributed by atoms with E-state index in [2.05, 4.69) is 12.6 Å². The lowest BCUT2D eigenvalue weighted by Gasteiger charge is -2.52. The van der Waals surface area contributed by atoms with E-state index in [0.717, 1.165) is 48.9 Å². The van der Waals surface area contributed by atoms with Gasteiger partial charge in [0.2, 0.25) is 5.91 Å². The van der Waals surface area contributed by atoms with Gasteiger partial charge in [0, 0.05) is 31.6 Å². The monoisotopic (exact) mass is 340 g/mol. The van der Waals surface area contributed by atoms with Gasteiger partial charge in [-0.05, 0) is 51.7 Å². The van der Waals surface area contributed by atoms with Crippen LogP contribution in [0.15, 0.2) is 30.9 Å². The number of aryl methyl sites for hydroxylation is 2. The van der Waals surface area contributed by atoms with Crippen molar-refractivity contribution in [3.8, 4) is 0 Å². The van der Waals surface area contributed by atoms with E-state index in [0.29, 0.717) is 19.5 Å². The van der Waals surface area contributed by atoms with Gasteiger partial charge in [-0.2, -0.15) is 0 Å². The zero-order valence-electron chi connectivity index (χ0n) is 15.4. The summed E-state index contributed by atoms with van der Waals surface area (Å²) in [7, 11) is 0. The fraction of sp³-hybridized carbons (Fsp3) is 0.524. The Morgan fingerprint density at radius 3 is 2.56 bits per heavy atom. The molecule has 1 aromatic rings. The molecule has 134 valence electrons. The highest BCUT2D eigenvalue weighted by Gasteiger charge is 2.45. The van der Waals surface area contributed by atoms with E-state index in [1.807, 2.05) is 35.8 Å². The highest BCUT2D eigenvalue weighted by atomic mass is 16.2. The summed E-state index contributed by atoms with van der Waals surface area (Å²) >= 11 is 0. The highest BCUT2D eigenvalue weighted by Crippen LogP contribution is 2.37. The number of hydrogen-bond donors (Lipinski definition) is 0. The lowest BCUT2D eigenvalue weighted by Crippen LogP contribution is -2.63. The van der Waals surface area contributed by atoms with Crippen molar-refractivity contribution < 1.29 is 9.59 Å². The Hall–Kier alpha value is -2.10. The van der Waals surface area contributed by atoms with Crippen LogP contribution in [-0.4, -0.2) is 46.8 Å². The van der Waals surface area contributed by atoms with E-state index in [4.69, 9.17) is 0 Å². The first-order valence-electron chi connectivity index (χ1n) is 9.24. The van der Waals surface area contributed by atoms with Crippen LogP contribution in [0.3, 0.4) is 0 Å². The maximum Gasteiger partial charge on any atom is 0.253 e. The maximum atomic E-state index is 13.1. The van der Waals surface area contributed by atoms with Crippen LogP contribution in [0.2, 0.25) is 0 Å². The number of benzene rings is 1. The van der Waals surface area contributed by atoms with Crippen LogP contribution in [0.25, 0.3) is 0 Å². The summed E-state index contributed by atoms with van der Waals surface area (Å²) in [5.41, 5.74) is 2.76. The second-order valence-corrected chi connectivity index (χ2v) is 7.58. The lowest BCUT2D eigenvalue weighted by molar-refractivity contribution is -0.143. The summed E-state index contributed by atoms with van der Waals surface area (Å²) in [6, 6.07) is 6.01. The average Bonchev–Trinajstić information content (AvgIpc) is 2.57. The Balaban J connectivity index is 1.85. The molecule has 0 radical (unpaired) electrons. The molecule has 0 aliphatic carbocycles. The standard InChI is InChI=1S/C21H28N2O2/c1-4-10-23-19(24)7-5-8-21(23)9-6-11-22(15-21)20(25)18-13-16(2)12-17(3)14-18/h4,12-14H,1,5-11,15H2,2-3H3/t21-/m1/s1. The van der Waals surface area contributed by atoms with E-state index in [1.54, 1.807) is 6.08 Å². The number of hydrogen-bond acceptors (Lipinski definition) is 2. The predicted molar refractivity (Wildman–Crippen MR) is 99.5 cm³/mol. The number of carbonyl (C=O) groups is 2. The first-order chi connectivity index (χ1) is 11.9. The van der Waals surface area contributed by atoms with Crippen molar-refractivity contribution in [1.29, 1.82) is 0 Å². The molecule has 0 aromatic heterocycles. The fourth-order valence-corrected chi connectivity index (χ4v) is 4.52. The molecule has 25 heavy (non-hydrogen) atoms. The van der Waals surface area contributed by atoms with Crippen LogP contribution < -0.4 is 0 Å². The Labute approximate surface area is 150 Å². The number of piperidine rings is 2. The minimum absolute atomic E-state index is 0.0856. The van der Waals surface area contributed by atoms with Crippen LogP contribution >= 0.6 is 0 Å². The van der Waals surface area contributed by atoms with Gasteiger partial charge in [0.15, 0.2) is 0 Å². The van der Waals surface area contributed by atoms with Gasteiger partial charge < -0.3 is 9.80 Å². The molecule has 2 saturated heterocycles. The third kappa shape index (κ3) is 3.48. The van der Waals surface area contributed by atoms with E-state index < -0.39 is 0 Å². The molecule has 2 aliphatic rings. The minimum Gasteiger partial charge on any atom is -0.336 e. The Bertz CT molecular complexity index is 673. The molecule has 4 heteroatoms. The van der Waals surface area contributed by atoms with Crippen molar-refractivity contribution in [2.45, 2.75) is 51.5 Å². The smallest absolute Gasteiger partial charge is 0.253 e. The zero-order chi connectivity index (χ0) is 18.0. The van der Waals surface area contributed by atoms with Crippen LogP contribution in [0, 0.1) is 13.8 Å². The summed E-state index contributed by atoms with van der Waals surface area (Å²) < 4.78 is 0. The summed E-state index contributed by atoms with van der Waals surface area (Å²) in [5.74, 6) is 0.286. The number of amides is 2. The van der Waals surface area contributed by atoms with Crippen molar-refractivity contribution >= 4 is 11.8 Å². The molecule has 3 rings (SSSR count). The van der Waals surface area contributed by atoms with Gasteiger partial charge >= 0.3 is 0 Å². The Kier molecular flexibility index (Phi) is 4.98. The van der Waals surface area contributed by atoms with E-state index in [9.17, 15) is 9.59 Å². The van der Waals surface area contributed by atoms with Crippen LogP contribution in [0.1, 0.15) is 53.6 Å². The van der Waals surface area contributed by atoms with E-state index in [1.165, 1.54) is 0 Å². The van der Waals surface area contributed by atoms with Crippen molar-refractivity contribution in [2.24, 2.45) is 0 Å². The quantitative estimate of drug-likeness (QED) is 0.791. The average molecular weight is 340 g/mol. The fourth-order valence-electron chi connectivity index (χ4n) is 4.52. The Morgan fingerprint density at radius 1 is 1.20 bits per heavy atom. The molecule has 2 fully saturated rings. The molecule has 2 heterocycles. The summed E-state index contributed by atoms with van der Waals surface area (Å²) in [6.45, 7) is 9.83. The van der Waals surface area contributed by atoms with Gasteiger partial charge in [-0.25, -0.2) is 0 Å². The second-order valence-electron chi connectivity index (χ2n) is 7.58. The first kappa shape index (κ1) is 17.7. The van der Waals surface area contributed by atoms with Crippen molar-refractivity contribution in [2.75, 3.05) is 19.6 Å². The van der Waals surface area contributed by atoms with Crippen LogP contribution in [0.5, 0.6) is 0 Å². The molecule has 0 N–H and O–H groups in total. The number of nitrogens with zero attached hydrogens (tertiary/aromatic N) is 2. The molecule has 1 spiro atoms. The van der Waals surface area contributed by atoms with Gasteiger partial charge in [-0.1, -0.05) is 23.3 Å². The third-order valence-corrected chi connectivity index (χ3v) is 5.53. The van der Waals surface area contributed by atoms with E-state index >= 15 is 0 Å². The minimum atomic E-state index is -0.212. The van der Waals surface area contributed by atoms with Gasteiger partial charge in [0.25, 0.3) is 5.91 Å². The van der Waals surface area contributed by atoms with Crippen molar-refractivity contribution in [1.82, 2.24) is 9.80 Å². The highest BCUT2D eigenvalue weighted by molar-refractivity contribution is 5.95. The van der Waals surface area contributed by atoms with Gasteiger partial charge in [0.1, 0.15) is 0 Å². The zero-order valence-corrected chi connectivity index (χ0v) is 15.4. The second kappa shape index (κ2) is 7.03. The van der Waals surface area contributed by atoms with Crippen molar-refractivity contribution in [3.05, 3.63) is 47.5 Å². The molecular formula is C21H28N2O2. The van der Waals surface area contributed by atoms with Gasteiger partial charge in [-0.15, -0.1) is 6.58 Å². The van der Waals surface area contributed by atoms with E-state index in [-0.39, 0.29) is 17.4 Å². The lowest BCUT2D eigenvalue weighted by atomic mass is 9.79. The molecule has 0 bridgehead atoms. The first-order valence-corrected chi connectivity index (χ1v) is 9.24. The molecule has 4 nitrogen and oxygen atoms in total. The topological polar surface area (TPSA) is 40.6 Å². The van der Waals surface area contributed by atoms with Crippen LogP contribution in [-0.2, 0) is 4.79 Å². The third-order valence-electron chi connectivity index (χ3n) is 5.53. The molecule has 2 aliphatic heterocycles.